The van der Waals surface area contributed by atoms with E-state index in [1.165, 1.54) is 13.3 Å². The highest BCUT2D eigenvalue weighted by Gasteiger charge is 2.27. The summed E-state index contributed by atoms with van der Waals surface area (Å²) in [5.74, 6) is 0.241. The summed E-state index contributed by atoms with van der Waals surface area (Å²) in [4.78, 5) is 24.1. The van der Waals surface area contributed by atoms with Crippen LogP contribution in [0.2, 0.25) is 0 Å². The zero-order valence-electron chi connectivity index (χ0n) is 20.8. The lowest BCUT2D eigenvalue weighted by atomic mass is 9.76. The lowest BCUT2D eigenvalue weighted by Gasteiger charge is -2.31. The third-order valence-corrected chi connectivity index (χ3v) is 5.55. The minimum atomic E-state index is -1.03. The Balaban J connectivity index is 4.89. The number of ketones is 1. The second-order valence-corrected chi connectivity index (χ2v) is 11.8. The monoisotopic (exact) mass is 412 g/mol. The van der Waals surface area contributed by atoms with E-state index in [-0.39, 0.29) is 23.6 Å². The van der Waals surface area contributed by atoms with Crippen LogP contribution >= 0.6 is 0 Å². The van der Waals surface area contributed by atoms with Crippen LogP contribution in [0.3, 0.4) is 0 Å². The van der Waals surface area contributed by atoms with E-state index in [4.69, 9.17) is 4.74 Å². The van der Waals surface area contributed by atoms with Crippen molar-refractivity contribution in [3.05, 3.63) is 0 Å². The molecule has 0 radical (unpaired) electrons. The standard InChI is InChI=1S/C25H48O4/c1-17(14-24(5,6)7)11-12-21(19(3)15-25(8,9)10)16-29-23(28)18(2)13-22(27)20(4)26/h17-21,26H,11-16H2,1-10H3/t17?,18-,19?,20+,21?/m1/s1. The van der Waals surface area contributed by atoms with Crippen molar-refractivity contribution in [1.82, 2.24) is 0 Å². The van der Waals surface area contributed by atoms with Crippen LogP contribution in [0.15, 0.2) is 0 Å². The van der Waals surface area contributed by atoms with Gasteiger partial charge in [0.1, 0.15) is 6.10 Å². The summed E-state index contributed by atoms with van der Waals surface area (Å²) >= 11 is 0. The Morgan fingerprint density at radius 1 is 0.862 bits per heavy atom. The molecule has 3 unspecified atom stereocenters. The van der Waals surface area contributed by atoms with E-state index >= 15 is 0 Å². The highest BCUT2D eigenvalue weighted by Crippen LogP contribution is 2.34. The van der Waals surface area contributed by atoms with Gasteiger partial charge in [-0.2, -0.15) is 0 Å². The number of aliphatic hydroxyl groups excluding tert-OH is 1. The van der Waals surface area contributed by atoms with Gasteiger partial charge >= 0.3 is 5.97 Å². The highest BCUT2D eigenvalue weighted by atomic mass is 16.5. The molecule has 0 rings (SSSR count). The first-order valence-corrected chi connectivity index (χ1v) is 11.4. The van der Waals surface area contributed by atoms with Crippen LogP contribution in [0.25, 0.3) is 0 Å². The van der Waals surface area contributed by atoms with Crippen LogP contribution in [0.1, 0.15) is 101 Å². The van der Waals surface area contributed by atoms with Gasteiger partial charge in [0, 0.05) is 6.42 Å². The summed E-state index contributed by atoms with van der Waals surface area (Å²) in [5.41, 5.74) is 0.555. The van der Waals surface area contributed by atoms with Crippen molar-refractivity contribution in [3.8, 4) is 0 Å². The molecule has 0 aliphatic carbocycles. The molecule has 0 aliphatic heterocycles. The number of esters is 1. The van der Waals surface area contributed by atoms with Gasteiger partial charge in [-0.15, -0.1) is 0 Å². The first-order chi connectivity index (χ1) is 13.0. The van der Waals surface area contributed by atoms with Crippen molar-refractivity contribution < 1.29 is 19.4 Å². The van der Waals surface area contributed by atoms with Crippen molar-refractivity contribution in [3.63, 3.8) is 0 Å². The third kappa shape index (κ3) is 13.9. The maximum absolute atomic E-state index is 12.4. The van der Waals surface area contributed by atoms with E-state index in [2.05, 4.69) is 55.4 Å². The molecule has 0 fully saturated rings. The molecule has 0 spiro atoms. The SMILES string of the molecule is CC(CCC(COC(=O)[C@H](C)CC(=O)[C@H](C)O)C(C)CC(C)(C)C)CC(C)(C)C. The molecule has 0 aromatic heterocycles. The highest BCUT2D eigenvalue weighted by molar-refractivity contribution is 5.86. The fraction of sp³-hybridized carbons (Fsp3) is 0.920. The lowest BCUT2D eigenvalue weighted by Crippen LogP contribution is -2.28. The Bertz CT molecular complexity index is 496. The summed E-state index contributed by atoms with van der Waals surface area (Å²) in [6.45, 7) is 21.7. The first-order valence-electron chi connectivity index (χ1n) is 11.4. The molecule has 0 bridgehead atoms. The van der Waals surface area contributed by atoms with Gasteiger partial charge in [-0.1, -0.05) is 68.7 Å². The summed E-state index contributed by atoms with van der Waals surface area (Å²) in [5, 5.41) is 9.35. The van der Waals surface area contributed by atoms with Crippen LogP contribution in [-0.4, -0.2) is 29.6 Å². The van der Waals surface area contributed by atoms with Gasteiger partial charge in [-0.3, -0.25) is 9.59 Å². The molecular weight excluding hydrogens is 364 g/mol. The van der Waals surface area contributed by atoms with Crippen LogP contribution in [0.5, 0.6) is 0 Å². The number of Topliss-reactive ketones (excluding diaryl/α,β-unsaturated/α-hetero) is 1. The van der Waals surface area contributed by atoms with Gasteiger partial charge in [0.05, 0.1) is 12.5 Å². The zero-order valence-corrected chi connectivity index (χ0v) is 20.8. The minimum absolute atomic E-state index is 0.0291. The van der Waals surface area contributed by atoms with Gasteiger partial charge in [0.2, 0.25) is 0 Å². The number of carbonyl (C=O) groups is 2. The molecule has 0 amide bonds. The molecule has 4 nitrogen and oxygen atoms in total. The predicted molar refractivity (Wildman–Crippen MR) is 121 cm³/mol. The van der Waals surface area contributed by atoms with Crippen molar-refractivity contribution in [2.45, 2.75) is 107 Å². The van der Waals surface area contributed by atoms with Gasteiger partial charge in [0.15, 0.2) is 5.78 Å². The number of carbonyl (C=O) groups excluding carboxylic acids is 2. The van der Waals surface area contributed by atoms with E-state index in [0.717, 1.165) is 19.3 Å². The molecule has 0 heterocycles. The Hall–Kier alpha value is -0.900. The topological polar surface area (TPSA) is 63.6 Å². The molecule has 172 valence electrons. The van der Waals surface area contributed by atoms with E-state index in [1.54, 1.807) is 6.92 Å². The van der Waals surface area contributed by atoms with Gasteiger partial charge in [0.25, 0.3) is 0 Å². The molecular formula is C25H48O4. The fourth-order valence-corrected chi connectivity index (χ4v) is 4.20. The Morgan fingerprint density at radius 3 is 1.83 bits per heavy atom. The summed E-state index contributed by atoms with van der Waals surface area (Å²) in [6.07, 6.45) is 3.44. The number of ether oxygens (including phenoxy) is 1. The lowest BCUT2D eigenvalue weighted by molar-refractivity contribution is -0.152. The molecule has 0 saturated carbocycles. The van der Waals surface area contributed by atoms with Gasteiger partial charge < -0.3 is 9.84 Å². The summed E-state index contributed by atoms with van der Waals surface area (Å²) < 4.78 is 5.64. The van der Waals surface area contributed by atoms with Gasteiger partial charge in [-0.05, 0) is 54.8 Å². The molecule has 5 atom stereocenters. The fourth-order valence-electron chi connectivity index (χ4n) is 4.20. The zero-order chi connectivity index (χ0) is 23.0. The molecule has 0 saturated heterocycles. The van der Waals surface area contributed by atoms with E-state index in [0.29, 0.717) is 29.8 Å². The van der Waals surface area contributed by atoms with Crippen LogP contribution in [-0.2, 0) is 14.3 Å². The number of aliphatic hydroxyl groups is 1. The van der Waals surface area contributed by atoms with Crippen molar-refractivity contribution in [2.24, 2.45) is 34.5 Å². The van der Waals surface area contributed by atoms with Gasteiger partial charge in [-0.25, -0.2) is 0 Å². The van der Waals surface area contributed by atoms with E-state index in [1.807, 2.05) is 0 Å². The normalized spacial score (nSPS) is 17.9. The number of rotatable bonds is 12. The smallest absolute Gasteiger partial charge is 0.309 e. The Morgan fingerprint density at radius 2 is 1.38 bits per heavy atom. The maximum atomic E-state index is 12.4. The largest absolute Gasteiger partial charge is 0.465 e. The second-order valence-electron chi connectivity index (χ2n) is 11.8. The third-order valence-electron chi connectivity index (χ3n) is 5.55. The quantitative estimate of drug-likeness (QED) is 0.396. The Labute approximate surface area is 180 Å². The average molecular weight is 413 g/mol. The number of hydrogen-bond donors (Lipinski definition) is 1. The number of hydrogen-bond acceptors (Lipinski definition) is 4. The van der Waals surface area contributed by atoms with Crippen LogP contribution in [0.4, 0.5) is 0 Å². The van der Waals surface area contributed by atoms with Crippen LogP contribution in [0, 0.1) is 34.5 Å². The second kappa shape index (κ2) is 12.1. The summed E-state index contributed by atoms with van der Waals surface area (Å²) in [7, 11) is 0. The Kier molecular flexibility index (Phi) is 11.7. The first kappa shape index (κ1) is 28.1. The molecule has 0 aromatic carbocycles. The molecule has 1 N–H and O–H groups in total. The summed E-state index contributed by atoms with van der Waals surface area (Å²) in [6, 6.07) is 0. The molecule has 29 heavy (non-hydrogen) atoms. The van der Waals surface area contributed by atoms with Crippen LogP contribution < -0.4 is 0 Å². The van der Waals surface area contributed by atoms with E-state index < -0.39 is 12.0 Å². The van der Waals surface area contributed by atoms with E-state index in [9.17, 15) is 14.7 Å². The average Bonchev–Trinajstić information content (AvgIpc) is 2.50. The van der Waals surface area contributed by atoms with Crippen molar-refractivity contribution in [1.29, 1.82) is 0 Å². The minimum Gasteiger partial charge on any atom is -0.465 e. The molecule has 4 heteroatoms. The maximum Gasteiger partial charge on any atom is 0.309 e. The predicted octanol–water partition coefficient (Wildman–Crippen LogP) is 6.05. The molecule has 0 aromatic rings. The molecule has 0 aliphatic rings. The van der Waals surface area contributed by atoms with Crippen molar-refractivity contribution >= 4 is 11.8 Å². The van der Waals surface area contributed by atoms with Crippen molar-refractivity contribution in [2.75, 3.05) is 6.61 Å².